The first-order valence-corrected chi connectivity index (χ1v) is 6.03. The van der Waals surface area contributed by atoms with Gasteiger partial charge >= 0.3 is 0 Å². The molecule has 4 N–H and O–H groups in total. The zero-order chi connectivity index (χ0) is 12.1. The van der Waals surface area contributed by atoms with Crippen molar-refractivity contribution in [2.24, 2.45) is 5.73 Å². The molecule has 0 fully saturated rings. The third kappa shape index (κ3) is 3.28. The first-order valence-electron chi connectivity index (χ1n) is 4.96. The lowest BCUT2D eigenvalue weighted by molar-refractivity contribution is 0.528. The SMILES string of the molecule is Cc1c(CCN)ccc(NNS(=O)[O-])c1C. The van der Waals surface area contributed by atoms with Gasteiger partial charge in [0, 0.05) is 11.3 Å². The summed E-state index contributed by atoms with van der Waals surface area (Å²) in [5.74, 6) is 0. The second kappa shape index (κ2) is 5.95. The molecular formula is C10H16N3O2S-. The van der Waals surface area contributed by atoms with Crippen molar-refractivity contribution >= 4 is 17.0 Å². The van der Waals surface area contributed by atoms with Crippen LogP contribution in [0.1, 0.15) is 16.7 Å². The summed E-state index contributed by atoms with van der Waals surface area (Å²) in [5.41, 5.74) is 12.2. The molecule has 5 nitrogen and oxygen atoms in total. The van der Waals surface area contributed by atoms with Gasteiger partial charge in [0.15, 0.2) is 0 Å². The van der Waals surface area contributed by atoms with Crippen LogP contribution < -0.4 is 16.0 Å². The van der Waals surface area contributed by atoms with Crippen LogP contribution in [0, 0.1) is 13.8 Å². The van der Waals surface area contributed by atoms with Crippen molar-refractivity contribution in [3.8, 4) is 0 Å². The van der Waals surface area contributed by atoms with Gasteiger partial charge in [0.05, 0.1) is 5.69 Å². The normalized spacial score (nSPS) is 12.5. The molecule has 90 valence electrons. The Morgan fingerprint density at radius 2 is 2.06 bits per heavy atom. The van der Waals surface area contributed by atoms with Crippen molar-refractivity contribution in [2.45, 2.75) is 20.3 Å². The first kappa shape index (κ1) is 13.1. The van der Waals surface area contributed by atoms with E-state index in [1.807, 2.05) is 26.0 Å². The zero-order valence-corrected chi connectivity index (χ0v) is 10.2. The van der Waals surface area contributed by atoms with Crippen LogP contribution in [0.5, 0.6) is 0 Å². The smallest absolute Gasteiger partial charge is 0.0529 e. The average Bonchev–Trinajstić information content (AvgIpc) is 2.24. The molecule has 1 unspecified atom stereocenters. The molecule has 0 aliphatic rings. The molecule has 1 aromatic carbocycles. The lowest BCUT2D eigenvalue weighted by atomic mass is 9.99. The number of hydrogen-bond acceptors (Lipinski definition) is 4. The molecule has 0 amide bonds. The van der Waals surface area contributed by atoms with E-state index < -0.39 is 11.3 Å². The lowest BCUT2D eigenvalue weighted by Gasteiger charge is -2.16. The highest BCUT2D eigenvalue weighted by Gasteiger charge is 2.05. The van der Waals surface area contributed by atoms with Crippen LogP contribution in [0.3, 0.4) is 0 Å². The molecule has 0 bridgehead atoms. The minimum atomic E-state index is -2.32. The predicted molar refractivity (Wildman–Crippen MR) is 64.4 cm³/mol. The maximum absolute atomic E-state index is 10.3. The van der Waals surface area contributed by atoms with Crippen LogP contribution in [-0.4, -0.2) is 15.3 Å². The summed E-state index contributed by atoms with van der Waals surface area (Å²) in [6, 6.07) is 3.79. The van der Waals surface area contributed by atoms with Gasteiger partial charge in [-0.25, -0.2) is 0 Å². The maximum atomic E-state index is 10.3. The zero-order valence-electron chi connectivity index (χ0n) is 9.37. The van der Waals surface area contributed by atoms with Crippen LogP contribution in [-0.2, 0) is 17.7 Å². The fraction of sp³-hybridized carbons (Fsp3) is 0.400. The largest absolute Gasteiger partial charge is 0.759 e. The van der Waals surface area contributed by atoms with Gasteiger partial charge in [-0.2, -0.15) is 4.83 Å². The summed E-state index contributed by atoms with van der Waals surface area (Å²) >= 11 is -2.32. The highest BCUT2D eigenvalue weighted by molar-refractivity contribution is 7.77. The highest BCUT2D eigenvalue weighted by Crippen LogP contribution is 2.21. The van der Waals surface area contributed by atoms with Crippen LogP contribution in [0.15, 0.2) is 12.1 Å². The monoisotopic (exact) mass is 242 g/mol. The fourth-order valence-corrected chi connectivity index (χ4v) is 1.73. The molecule has 0 aliphatic heterocycles. The van der Waals surface area contributed by atoms with Gasteiger partial charge in [-0.1, -0.05) is 6.07 Å². The van der Waals surface area contributed by atoms with E-state index in [-0.39, 0.29) is 0 Å². The van der Waals surface area contributed by atoms with E-state index in [2.05, 4.69) is 10.3 Å². The third-order valence-corrected chi connectivity index (χ3v) is 2.85. The molecule has 1 aromatic rings. The Morgan fingerprint density at radius 3 is 2.62 bits per heavy atom. The van der Waals surface area contributed by atoms with Crippen molar-refractivity contribution in [3.63, 3.8) is 0 Å². The van der Waals surface area contributed by atoms with Gasteiger partial charge in [0.25, 0.3) is 0 Å². The second-order valence-corrected chi connectivity index (χ2v) is 4.20. The Bertz CT molecular complexity index is 396. The topological polar surface area (TPSA) is 90.2 Å². The van der Waals surface area contributed by atoms with Gasteiger partial charge in [0.1, 0.15) is 0 Å². The average molecular weight is 242 g/mol. The molecule has 0 spiro atoms. The molecule has 0 heterocycles. The second-order valence-electron chi connectivity index (χ2n) is 3.52. The van der Waals surface area contributed by atoms with E-state index >= 15 is 0 Å². The van der Waals surface area contributed by atoms with Crippen LogP contribution >= 0.6 is 0 Å². The molecular weight excluding hydrogens is 226 g/mol. The highest BCUT2D eigenvalue weighted by atomic mass is 32.2. The van der Waals surface area contributed by atoms with Crippen LogP contribution in [0.4, 0.5) is 5.69 Å². The van der Waals surface area contributed by atoms with E-state index in [9.17, 15) is 8.76 Å². The standard InChI is InChI=1S/C10H17N3O2S/c1-7-8(2)10(12-13-16(14)15)4-3-9(7)5-6-11/h3-4,12-13H,5-6,11H2,1-2H3,(H,14,15)/p-1. The fourth-order valence-electron chi connectivity index (χ4n) is 1.54. The Kier molecular flexibility index (Phi) is 4.88. The molecule has 1 atom stereocenters. The number of benzene rings is 1. The Balaban J connectivity index is 2.88. The van der Waals surface area contributed by atoms with Crippen molar-refractivity contribution in [1.82, 2.24) is 4.83 Å². The lowest BCUT2D eigenvalue weighted by Crippen LogP contribution is -2.24. The Labute approximate surface area is 97.8 Å². The van der Waals surface area contributed by atoms with Gasteiger partial charge in [0.2, 0.25) is 0 Å². The summed E-state index contributed by atoms with van der Waals surface area (Å²) in [5, 5.41) is 0. The van der Waals surface area contributed by atoms with Gasteiger partial charge in [-0.05, 0) is 49.6 Å². The van der Waals surface area contributed by atoms with Crippen LogP contribution in [0.25, 0.3) is 0 Å². The van der Waals surface area contributed by atoms with Crippen molar-refractivity contribution in [1.29, 1.82) is 0 Å². The molecule has 0 radical (unpaired) electrons. The van der Waals surface area contributed by atoms with Crippen molar-refractivity contribution in [2.75, 3.05) is 12.0 Å². The Morgan fingerprint density at radius 1 is 1.38 bits per heavy atom. The predicted octanol–water partition coefficient (Wildman–Crippen LogP) is 0.515. The first-order chi connectivity index (χ1) is 7.56. The number of nitrogens with two attached hydrogens (primary N) is 1. The number of rotatable bonds is 5. The summed E-state index contributed by atoms with van der Waals surface area (Å²) < 4.78 is 20.7. The van der Waals surface area contributed by atoms with E-state index in [1.165, 1.54) is 5.56 Å². The summed E-state index contributed by atoms with van der Waals surface area (Å²) in [4.78, 5) is 2.12. The van der Waals surface area contributed by atoms with Gasteiger partial charge in [-0.15, -0.1) is 0 Å². The molecule has 6 heteroatoms. The molecule has 0 aromatic heterocycles. The van der Waals surface area contributed by atoms with E-state index in [1.54, 1.807) is 0 Å². The maximum Gasteiger partial charge on any atom is 0.0529 e. The molecule has 16 heavy (non-hydrogen) atoms. The molecule has 0 saturated carbocycles. The summed E-state index contributed by atoms with van der Waals surface area (Å²) in [7, 11) is 0. The number of hydrogen-bond donors (Lipinski definition) is 3. The molecule has 1 rings (SSSR count). The number of anilines is 1. The van der Waals surface area contributed by atoms with Gasteiger partial charge < -0.3 is 15.7 Å². The van der Waals surface area contributed by atoms with Crippen molar-refractivity contribution in [3.05, 3.63) is 28.8 Å². The third-order valence-electron chi connectivity index (χ3n) is 2.58. The van der Waals surface area contributed by atoms with Crippen molar-refractivity contribution < 1.29 is 8.76 Å². The van der Waals surface area contributed by atoms with Crippen LogP contribution in [0.2, 0.25) is 0 Å². The van der Waals surface area contributed by atoms with E-state index in [4.69, 9.17) is 5.73 Å². The van der Waals surface area contributed by atoms with E-state index in [0.717, 1.165) is 23.2 Å². The number of nitrogens with one attached hydrogen (secondary N) is 2. The van der Waals surface area contributed by atoms with E-state index in [0.29, 0.717) is 6.54 Å². The number of hydrazine groups is 1. The Hall–Kier alpha value is -0.950. The minimum absolute atomic E-state index is 0.607. The molecule has 0 saturated heterocycles. The summed E-state index contributed by atoms with van der Waals surface area (Å²) in [6.45, 7) is 4.54. The van der Waals surface area contributed by atoms with Gasteiger partial charge in [-0.3, -0.25) is 4.21 Å². The summed E-state index contributed by atoms with van der Waals surface area (Å²) in [6.07, 6.45) is 0.827. The quantitative estimate of drug-likeness (QED) is 0.518. The minimum Gasteiger partial charge on any atom is -0.759 e. The molecule has 0 aliphatic carbocycles.